The zero-order chi connectivity index (χ0) is 10.2. The van der Waals surface area contributed by atoms with E-state index in [9.17, 15) is 26.3 Å². The molecule has 0 spiro atoms. The molecule has 0 rings (SSSR count). The second kappa shape index (κ2) is 3.62. The van der Waals surface area contributed by atoms with Crippen LogP contribution in [0.1, 0.15) is 0 Å². The van der Waals surface area contributed by atoms with Crippen LogP contribution >= 0.6 is 0 Å². The minimum absolute atomic E-state index is 1.33. The molecule has 0 N–H and O–H groups in total. The van der Waals surface area contributed by atoms with Gasteiger partial charge >= 0.3 is 79.7 Å². The van der Waals surface area contributed by atoms with Gasteiger partial charge in [0, 0.05) is 0 Å². The number of allylic oxidation sites excluding steroid dienone is 2. The summed E-state index contributed by atoms with van der Waals surface area (Å²) < 4.78 is 66.2. The topological polar surface area (TPSA) is 0 Å². The van der Waals surface area contributed by atoms with E-state index in [1.165, 1.54) is 32.0 Å². The van der Waals surface area contributed by atoms with Crippen molar-refractivity contribution in [1.82, 2.24) is 0 Å². The Morgan fingerprint density at radius 1 is 0.667 bits per heavy atom. The van der Waals surface area contributed by atoms with E-state index < -0.39 is 21.3 Å². The molecule has 0 aromatic carbocycles. The Labute approximate surface area is 80.0 Å². The Bertz CT molecular complexity index is 177. The fourth-order valence-corrected chi connectivity index (χ4v) is 0.743. The average molecular weight is 320 g/mol. The molecular formula is C4F6Se2. The summed E-state index contributed by atoms with van der Waals surface area (Å²) in [5.41, 5.74) is 0. The van der Waals surface area contributed by atoms with E-state index in [0.717, 1.165) is 0 Å². The SMILES string of the molecule is FC(F)(F)/C([Se])=C(\[Se])C(F)(F)F. The zero-order valence-corrected chi connectivity index (χ0v) is 8.51. The van der Waals surface area contributed by atoms with Gasteiger partial charge in [0.1, 0.15) is 0 Å². The van der Waals surface area contributed by atoms with Gasteiger partial charge in [0.15, 0.2) is 0 Å². The van der Waals surface area contributed by atoms with Gasteiger partial charge in [-0.05, 0) is 0 Å². The predicted molar refractivity (Wildman–Crippen MR) is 30.6 cm³/mol. The van der Waals surface area contributed by atoms with Crippen molar-refractivity contribution in [3.05, 3.63) is 8.94 Å². The Balaban J connectivity index is 4.96. The molecular weight excluding hydrogens is 320 g/mol. The van der Waals surface area contributed by atoms with Gasteiger partial charge in [0.25, 0.3) is 0 Å². The summed E-state index contributed by atoms with van der Waals surface area (Å²) in [7, 11) is 0. The van der Waals surface area contributed by atoms with E-state index in [-0.39, 0.29) is 0 Å². The van der Waals surface area contributed by atoms with Crippen LogP contribution in [-0.4, -0.2) is 44.4 Å². The molecule has 0 nitrogen and oxygen atoms in total. The molecule has 0 unspecified atom stereocenters. The van der Waals surface area contributed by atoms with Crippen molar-refractivity contribution in [3.63, 3.8) is 0 Å². The molecule has 0 fully saturated rings. The monoisotopic (exact) mass is 322 g/mol. The Hall–Kier alpha value is 0.359. The van der Waals surface area contributed by atoms with Gasteiger partial charge in [-0.3, -0.25) is 0 Å². The van der Waals surface area contributed by atoms with Crippen molar-refractivity contribution in [2.45, 2.75) is 12.4 Å². The summed E-state index contributed by atoms with van der Waals surface area (Å²) in [6, 6.07) is 0. The van der Waals surface area contributed by atoms with E-state index in [2.05, 4.69) is 0 Å². The maximum absolute atomic E-state index is 11.6. The summed E-state index contributed by atoms with van der Waals surface area (Å²) in [6.45, 7) is 0. The van der Waals surface area contributed by atoms with E-state index in [4.69, 9.17) is 0 Å². The van der Waals surface area contributed by atoms with Crippen molar-refractivity contribution >= 4 is 32.0 Å². The third kappa shape index (κ3) is 3.39. The zero-order valence-electron chi connectivity index (χ0n) is 5.08. The van der Waals surface area contributed by atoms with Gasteiger partial charge in [-0.1, -0.05) is 0 Å². The maximum atomic E-state index is 11.6. The molecule has 0 aliphatic rings. The van der Waals surface area contributed by atoms with Crippen LogP contribution in [-0.2, 0) is 0 Å². The Morgan fingerprint density at radius 3 is 0.917 bits per heavy atom. The van der Waals surface area contributed by atoms with Gasteiger partial charge in [0.2, 0.25) is 0 Å². The third-order valence-electron chi connectivity index (χ3n) is 0.721. The van der Waals surface area contributed by atoms with E-state index in [1.807, 2.05) is 0 Å². The molecule has 0 heterocycles. The van der Waals surface area contributed by atoms with Crippen LogP contribution in [0.25, 0.3) is 0 Å². The standard InChI is InChI=1S/C4F6Se2/c5-3(6,7)1(11)2(12)4(8,9)10/b2-1+. The van der Waals surface area contributed by atoms with Crippen molar-refractivity contribution < 1.29 is 26.3 Å². The molecule has 0 atom stereocenters. The molecule has 0 aromatic heterocycles. The minimum atomic E-state index is -4.99. The van der Waals surface area contributed by atoms with Crippen LogP contribution in [0.4, 0.5) is 26.3 Å². The number of halogens is 6. The second-order valence-electron chi connectivity index (χ2n) is 1.65. The first-order valence-electron chi connectivity index (χ1n) is 2.29. The van der Waals surface area contributed by atoms with Crippen LogP contribution in [0, 0.1) is 0 Å². The van der Waals surface area contributed by atoms with Crippen molar-refractivity contribution in [2.24, 2.45) is 0 Å². The normalized spacial score (nSPS) is 15.8. The van der Waals surface area contributed by atoms with E-state index >= 15 is 0 Å². The quantitative estimate of drug-likeness (QED) is 0.470. The molecule has 0 saturated heterocycles. The summed E-state index contributed by atoms with van der Waals surface area (Å²) in [4.78, 5) is 0. The molecule has 70 valence electrons. The first kappa shape index (κ1) is 12.4. The van der Waals surface area contributed by atoms with Crippen LogP contribution in [0.5, 0.6) is 0 Å². The van der Waals surface area contributed by atoms with E-state index in [0.29, 0.717) is 0 Å². The Kier molecular flexibility index (Phi) is 3.72. The number of rotatable bonds is 0. The molecule has 0 amide bonds. The van der Waals surface area contributed by atoms with Gasteiger partial charge in [0.05, 0.1) is 0 Å². The van der Waals surface area contributed by atoms with Crippen LogP contribution < -0.4 is 0 Å². The average Bonchev–Trinajstić information content (AvgIpc) is 1.80. The van der Waals surface area contributed by atoms with Crippen molar-refractivity contribution in [3.8, 4) is 0 Å². The van der Waals surface area contributed by atoms with Crippen LogP contribution in [0.2, 0.25) is 0 Å². The summed E-state index contributed by atoms with van der Waals surface area (Å²) in [5.74, 6) is 0. The molecule has 0 saturated carbocycles. The van der Waals surface area contributed by atoms with Crippen LogP contribution in [0.15, 0.2) is 8.94 Å². The summed E-state index contributed by atoms with van der Waals surface area (Å²) in [6.07, 6.45) is -9.98. The Morgan fingerprint density at radius 2 is 0.833 bits per heavy atom. The predicted octanol–water partition coefficient (Wildman–Crippen LogP) is 1.66. The van der Waals surface area contributed by atoms with E-state index in [1.54, 1.807) is 0 Å². The van der Waals surface area contributed by atoms with Gasteiger partial charge in [-0.15, -0.1) is 0 Å². The summed E-state index contributed by atoms with van der Waals surface area (Å²) in [5, 5.41) is 0. The number of alkyl halides is 6. The number of hydrogen-bond donors (Lipinski definition) is 0. The molecule has 0 aliphatic carbocycles. The first-order valence-corrected chi connectivity index (χ1v) is 4.01. The molecule has 0 bridgehead atoms. The first-order chi connectivity index (χ1) is 5.07. The van der Waals surface area contributed by atoms with Gasteiger partial charge < -0.3 is 0 Å². The fourth-order valence-electron chi connectivity index (χ4n) is 0.257. The van der Waals surface area contributed by atoms with Crippen molar-refractivity contribution in [2.75, 3.05) is 0 Å². The second-order valence-corrected chi connectivity index (χ2v) is 3.37. The number of hydrogen-bond acceptors (Lipinski definition) is 0. The molecule has 8 heteroatoms. The van der Waals surface area contributed by atoms with Gasteiger partial charge in [-0.25, -0.2) is 0 Å². The van der Waals surface area contributed by atoms with Gasteiger partial charge in [-0.2, -0.15) is 0 Å². The third-order valence-corrected chi connectivity index (χ3v) is 3.20. The molecule has 12 heavy (non-hydrogen) atoms. The molecule has 2 radical (unpaired) electrons. The van der Waals surface area contributed by atoms with Crippen LogP contribution in [0.3, 0.4) is 0 Å². The fraction of sp³-hybridized carbons (Fsp3) is 0.500. The molecule has 0 aromatic rings. The molecule has 0 aliphatic heterocycles. The summed E-state index contributed by atoms with van der Waals surface area (Å²) >= 11 is 2.65. The van der Waals surface area contributed by atoms with Crippen molar-refractivity contribution in [1.29, 1.82) is 0 Å².